The molecule has 0 saturated carbocycles. The van der Waals surface area contributed by atoms with Crippen molar-refractivity contribution in [3.63, 3.8) is 0 Å². The quantitative estimate of drug-likeness (QED) is 0.649. The first kappa shape index (κ1) is 12.7. The zero-order chi connectivity index (χ0) is 11.0. The maximum absolute atomic E-state index is 11.0. The van der Waals surface area contributed by atoms with E-state index >= 15 is 0 Å². The van der Waals surface area contributed by atoms with E-state index in [9.17, 15) is 4.79 Å². The normalized spacial score (nSPS) is 12.4. The predicted molar refractivity (Wildman–Crippen MR) is 56.5 cm³/mol. The van der Waals surface area contributed by atoms with Crippen molar-refractivity contribution in [2.45, 2.75) is 26.2 Å². The smallest absolute Gasteiger partial charge is 0.132 e. The molecule has 0 saturated heterocycles. The minimum atomic E-state index is -0.145. The molecule has 0 bridgehead atoms. The number of carbonyl (C=O) groups is 1. The molecule has 0 aromatic heterocycles. The van der Waals surface area contributed by atoms with Gasteiger partial charge in [-0.15, -0.1) is 0 Å². The fourth-order valence-corrected chi connectivity index (χ4v) is 0.973. The zero-order valence-electron chi connectivity index (χ0n) is 9.16. The molecule has 1 unspecified atom stereocenters. The average Bonchev–Trinajstić information content (AvgIpc) is 2.17. The topological polar surface area (TPSA) is 44.1 Å². The van der Waals surface area contributed by atoms with E-state index < -0.39 is 0 Å². The van der Waals surface area contributed by atoms with Gasteiger partial charge in [0, 0.05) is 26.9 Å². The summed E-state index contributed by atoms with van der Waals surface area (Å²) in [4.78, 5) is 12.9. The molecule has 0 heterocycles. The molecule has 0 aliphatic carbocycles. The largest absolute Gasteiger partial charge is 0.384 e. The molecule has 0 N–H and O–H groups in total. The van der Waals surface area contributed by atoms with Gasteiger partial charge in [-0.05, 0) is 12.6 Å². The number of carbonyl (C=O) groups excluding carboxylic acids is 1. The summed E-state index contributed by atoms with van der Waals surface area (Å²) >= 11 is 0. The summed E-state index contributed by atoms with van der Waals surface area (Å²) in [6.45, 7) is 1.85. The highest BCUT2D eigenvalue weighted by atomic mass is 16.1. The molecule has 1 atom stereocenters. The molecular weight excluding hydrogens is 176 g/mol. The van der Waals surface area contributed by atoms with Crippen LogP contribution in [0.5, 0.6) is 0 Å². The first-order chi connectivity index (χ1) is 6.60. The second kappa shape index (κ2) is 7.14. The summed E-state index contributed by atoms with van der Waals surface area (Å²) in [5.74, 6) is 0.0800. The minimum Gasteiger partial charge on any atom is -0.384 e. The number of allylic oxidation sites excluding steroid dienone is 1. The van der Waals surface area contributed by atoms with Crippen molar-refractivity contribution in [3.05, 3.63) is 12.3 Å². The van der Waals surface area contributed by atoms with E-state index in [0.29, 0.717) is 19.3 Å². The van der Waals surface area contributed by atoms with E-state index in [1.54, 1.807) is 0 Å². The van der Waals surface area contributed by atoms with Gasteiger partial charge < -0.3 is 4.90 Å². The second-order valence-corrected chi connectivity index (χ2v) is 3.47. The van der Waals surface area contributed by atoms with Gasteiger partial charge in [-0.3, -0.25) is 4.79 Å². The van der Waals surface area contributed by atoms with Crippen LogP contribution in [0.15, 0.2) is 12.3 Å². The highest BCUT2D eigenvalue weighted by Gasteiger charge is 2.05. The fraction of sp³-hybridized carbons (Fsp3) is 0.636. The first-order valence-electron chi connectivity index (χ1n) is 4.86. The van der Waals surface area contributed by atoms with E-state index in [2.05, 4.69) is 6.07 Å². The Bertz CT molecular complexity index is 238. The molecule has 0 aliphatic heterocycles. The highest BCUT2D eigenvalue weighted by molar-refractivity contribution is 5.77. The van der Waals surface area contributed by atoms with Crippen molar-refractivity contribution < 1.29 is 4.79 Å². The Hall–Kier alpha value is -1.30. The fourth-order valence-electron chi connectivity index (χ4n) is 0.973. The molecule has 78 valence electrons. The average molecular weight is 194 g/mol. The molecule has 0 fully saturated rings. The molecule has 0 radical (unpaired) electrons. The molecule has 3 nitrogen and oxygen atoms in total. The lowest BCUT2D eigenvalue weighted by Crippen LogP contribution is -2.04. The van der Waals surface area contributed by atoms with Gasteiger partial charge >= 0.3 is 0 Å². The first-order valence-corrected chi connectivity index (χ1v) is 4.86. The number of hydrogen-bond donors (Lipinski definition) is 0. The molecule has 0 aliphatic rings. The van der Waals surface area contributed by atoms with Gasteiger partial charge in [0.1, 0.15) is 5.78 Å². The van der Waals surface area contributed by atoms with Crippen LogP contribution >= 0.6 is 0 Å². The molecule has 0 aromatic carbocycles. The lowest BCUT2D eigenvalue weighted by Gasteiger charge is -2.06. The third-order valence-corrected chi connectivity index (χ3v) is 1.91. The molecule has 14 heavy (non-hydrogen) atoms. The van der Waals surface area contributed by atoms with Crippen LogP contribution in [0.4, 0.5) is 0 Å². The van der Waals surface area contributed by atoms with Crippen LogP contribution in [0.2, 0.25) is 0 Å². The Morgan fingerprint density at radius 3 is 2.64 bits per heavy atom. The number of nitriles is 1. The molecular formula is C11H18N2O. The van der Waals surface area contributed by atoms with Crippen LogP contribution < -0.4 is 0 Å². The van der Waals surface area contributed by atoms with Gasteiger partial charge in [-0.1, -0.05) is 13.0 Å². The predicted octanol–water partition coefficient (Wildman–Crippen LogP) is 1.96. The lowest BCUT2D eigenvalue weighted by molar-refractivity contribution is -0.118. The lowest BCUT2D eigenvalue weighted by atomic mass is 10.0. The van der Waals surface area contributed by atoms with Crippen molar-refractivity contribution in [1.29, 1.82) is 5.26 Å². The van der Waals surface area contributed by atoms with Gasteiger partial charge in [0.2, 0.25) is 0 Å². The van der Waals surface area contributed by atoms with Gasteiger partial charge in [0.05, 0.1) is 12.0 Å². The van der Waals surface area contributed by atoms with E-state index in [1.807, 2.05) is 38.2 Å². The summed E-state index contributed by atoms with van der Waals surface area (Å²) in [6, 6.07) is 2.17. The Labute approximate surface area is 86.0 Å². The number of ketones is 1. The highest BCUT2D eigenvalue weighted by Crippen LogP contribution is 2.08. The maximum atomic E-state index is 11.0. The maximum Gasteiger partial charge on any atom is 0.132 e. The Morgan fingerprint density at radius 2 is 2.21 bits per heavy atom. The Balaban J connectivity index is 3.93. The second-order valence-electron chi connectivity index (χ2n) is 3.47. The molecule has 0 spiro atoms. The molecule has 0 aromatic rings. The summed E-state index contributed by atoms with van der Waals surface area (Å²) in [5, 5.41) is 8.79. The third-order valence-electron chi connectivity index (χ3n) is 1.91. The monoisotopic (exact) mass is 194 g/mol. The summed E-state index contributed by atoms with van der Waals surface area (Å²) in [6.07, 6.45) is 5.39. The summed E-state index contributed by atoms with van der Waals surface area (Å²) < 4.78 is 0. The van der Waals surface area contributed by atoms with Crippen molar-refractivity contribution in [2.24, 2.45) is 5.92 Å². The number of Topliss-reactive ketones (excluding diaryl/α,β-unsaturated/α-hetero) is 1. The minimum absolute atomic E-state index is 0.145. The SMILES string of the molecule is CCC(=O)CCC(C#N)C=CN(C)C. The van der Waals surface area contributed by atoms with Crippen LogP contribution in [0.25, 0.3) is 0 Å². The molecule has 0 rings (SSSR count). The van der Waals surface area contributed by atoms with Crippen LogP contribution in [-0.4, -0.2) is 24.8 Å². The van der Waals surface area contributed by atoms with Crippen LogP contribution in [0.3, 0.4) is 0 Å². The van der Waals surface area contributed by atoms with Crippen molar-refractivity contribution in [2.75, 3.05) is 14.1 Å². The van der Waals surface area contributed by atoms with Crippen LogP contribution in [0.1, 0.15) is 26.2 Å². The van der Waals surface area contributed by atoms with E-state index in [0.717, 1.165) is 0 Å². The van der Waals surface area contributed by atoms with E-state index in [4.69, 9.17) is 5.26 Å². The summed E-state index contributed by atoms with van der Waals surface area (Å²) in [5.41, 5.74) is 0. The number of nitrogens with zero attached hydrogens (tertiary/aromatic N) is 2. The zero-order valence-corrected chi connectivity index (χ0v) is 9.16. The number of hydrogen-bond acceptors (Lipinski definition) is 3. The standard InChI is InChI=1S/C11H18N2O/c1-4-11(14)6-5-10(9-12)7-8-13(2)3/h7-8,10H,4-6H2,1-3H3. The van der Waals surface area contributed by atoms with Crippen molar-refractivity contribution in [3.8, 4) is 6.07 Å². The van der Waals surface area contributed by atoms with Gasteiger partial charge in [-0.25, -0.2) is 0 Å². The number of rotatable bonds is 6. The van der Waals surface area contributed by atoms with E-state index in [1.165, 1.54) is 0 Å². The van der Waals surface area contributed by atoms with Gasteiger partial charge in [-0.2, -0.15) is 5.26 Å². The van der Waals surface area contributed by atoms with Crippen molar-refractivity contribution >= 4 is 5.78 Å². The van der Waals surface area contributed by atoms with Crippen molar-refractivity contribution in [1.82, 2.24) is 4.90 Å². The van der Waals surface area contributed by atoms with E-state index in [-0.39, 0.29) is 11.7 Å². The van der Waals surface area contributed by atoms with Crippen LogP contribution in [-0.2, 0) is 4.79 Å². The molecule has 3 heteroatoms. The van der Waals surface area contributed by atoms with Gasteiger partial charge in [0.25, 0.3) is 0 Å². The third kappa shape index (κ3) is 6.24. The Kier molecular flexibility index (Phi) is 6.47. The van der Waals surface area contributed by atoms with Gasteiger partial charge in [0.15, 0.2) is 0 Å². The Morgan fingerprint density at radius 1 is 1.57 bits per heavy atom. The van der Waals surface area contributed by atoms with Crippen LogP contribution in [0, 0.1) is 17.2 Å². The molecule has 0 amide bonds. The summed E-state index contributed by atoms with van der Waals surface area (Å²) in [7, 11) is 3.81.